The third kappa shape index (κ3) is 2.87. The van der Waals surface area contributed by atoms with Crippen LogP contribution in [0.15, 0.2) is 10.9 Å². The third-order valence-electron chi connectivity index (χ3n) is 4.29. The molecule has 0 amide bonds. The lowest BCUT2D eigenvalue weighted by atomic mass is 9.96. The molecule has 0 bridgehead atoms. The smallest absolute Gasteiger partial charge is 0.266 e. The van der Waals surface area contributed by atoms with Gasteiger partial charge >= 0.3 is 0 Å². The van der Waals surface area contributed by atoms with E-state index in [-0.39, 0.29) is 5.56 Å². The van der Waals surface area contributed by atoms with Gasteiger partial charge < -0.3 is 5.32 Å². The molecular weight excluding hydrogens is 240 g/mol. The summed E-state index contributed by atoms with van der Waals surface area (Å²) in [6.45, 7) is 5.43. The van der Waals surface area contributed by atoms with Gasteiger partial charge in [-0.05, 0) is 37.4 Å². The quantitative estimate of drug-likeness (QED) is 0.823. The molecule has 0 atom stereocenters. The molecule has 104 valence electrons. The molecule has 19 heavy (non-hydrogen) atoms. The number of fused-ring (bicyclic) bond motifs is 1. The van der Waals surface area contributed by atoms with E-state index in [1.54, 1.807) is 13.1 Å². The van der Waals surface area contributed by atoms with Crippen LogP contribution in [0.1, 0.15) is 24.1 Å². The molecule has 3 heterocycles. The zero-order valence-electron chi connectivity index (χ0n) is 11.6. The predicted molar refractivity (Wildman–Crippen MR) is 74.1 cm³/mol. The summed E-state index contributed by atoms with van der Waals surface area (Å²) in [5, 5.41) is 7.77. The fourth-order valence-corrected chi connectivity index (χ4v) is 3.14. The zero-order valence-corrected chi connectivity index (χ0v) is 11.6. The molecule has 0 radical (unpaired) electrons. The Morgan fingerprint density at radius 3 is 3.00 bits per heavy atom. The van der Waals surface area contributed by atoms with E-state index in [9.17, 15) is 4.79 Å². The summed E-state index contributed by atoms with van der Waals surface area (Å²) in [5.41, 5.74) is 2.23. The van der Waals surface area contributed by atoms with Gasteiger partial charge in [-0.2, -0.15) is 5.10 Å². The van der Waals surface area contributed by atoms with Gasteiger partial charge in [0.25, 0.3) is 5.56 Å². The number of nitrogens with zero attached hydrogens (tertiary/aromatic N) is 3. The molecule has 1 saturated heterocycles. The monoisotopic (exact) mass is 262 g/mol. The van der Waals surface area contributed by atoms with Crippen LogP contribution in [0.2, 0.25) is 0 Å². The number of aryl methyl sites for hydroxylation is 1. The largest absolute Gasteiger partial charge is 0.317 e. The van der Waals surface area contributed by atoms with E-state index in [1.807, 2.05) is 0 Å². The fourth-order valence-electron chi connectivity index (χ4n) is 3.14. The van der Waals surface area contributed by atoms with E-state index in [2.05, 4.69) is 15.3 Å². The minimum atomic E-state index is 0.00228. The molecule has 3 rings (SSSR count). The summed E-state index contributed by atoms with van der Waals surface area (Å²) >= 11 is 0. The lowest BCUT2D eigenvalue weighted by Gasteiger charge is -2.33. The number of hydrogen-bond donors (Lipinski definition) is 1. The first kappa shape index (κ1) is 12.8. The summed E-state index contributed by atoms with van der Waals surface area (Å²) in [7, 11) is 1.73. The highest BCUT2D eigenvalue weighted by Gasteiger charge is 2.22. The maximum Gasteiger partial charge on any atom is 0.266 e. The second kappa shape index (κ2) is 5.43. The van der Waals surface area contributed by atoms with Crippen LogP contribution < -0.4 is 10.9 Å². The highest BCUT2D eigenvalue weighted by molar-refractivity contribution is 5.20. The molecule has 5 nitrogen and oxygen atoms in total. The van der Waals surface area contributed by atoms with Crippen LogP contribution in [0.4, 0.5) is 0 Å². The van der Waals surface area contributed by atoms with Crippen LogP contribution in [-0.4, -0.2) is 40.9 Å². The SMILES string of the molecule is Cn1nc2c(cc1=O)CN(CC1CCNCC1)CC2. The van der Waals surface area contributed by atoms with Crippen molar-refractivity contribution in [2.75, 3.05) is 26.2 Å². The van der Waals surface area contributed by atoms with Crippen molar-refractivity contribution in [3.63, 3.8) is 0 Å². The van der Waals surface area contributed by atoms with E-state index in [4.69, 9.17) is 0 Å². The number of rotatable bonds is 2. The first-order valence-electron chi connectivity index (χ1n) is 7.21. The lowest BCUT2D eigenvalue weighted by molar-refractivity contribution is 0.189. The maximum absolute atomic E-state index is 11.7. The number of nitrogens with one attached hydrogen (secondary N) is 1. The van der Waals surface area contributed by atoms with Crippen LogP contribution in [0.5, 0.6) is 0 Å². The Balaban J connectivity index is 1.68. The van der Waals surface area contributed by atoms with Gasteiger partial charge in [0, 0.05) is 39.2 Å². The van der Waals surface area contributed by atoms with Gasteiger partial charge in [0.15, 0.2) is 0 Å². The van der Waals surface area contributed by atoms with Crippen molar-refractivity contribution in [1.29, 1.82) is 0 Å². The average molecular weight is 262 g/mol. The Kier molecular flexibility index (Phi) is 3.66. The van der Waals surface area contributed by atoms with Gasteiger partial charge in [-0.15, -0.1) is 0 Å². The summed E-state index contributed by atoms with van der Waals surface area (Å²) < 4.78 is 1.45. The van der Waals surface area contributed by atoms with E-state index < -0.39 is 0 Å². The van der Waals surface area contributed by atoms with Crippen molar-refractivity contribution in [1.82, 2.24) is 20.0 Å². The molecule has 2 aliphatic rings. The molecule has 2 aliphatic heterocycles. The molecule has 1 fully saturated rings. The topological polar surface area (TPSA) is 50.2 Å². The van der Waals surface area contributed by atoms with Gasteiger partial charge in [-0.1, -0.05) is 0 Å². The Morgan fingerprint density at radius 1 is 1.42 bits per heavy atom. The van der Waals surface area contributed by atoms with Crippen molar-refractivity contribution >= 4 is 0 Å². The molecule has 1 aromatic heterocycles. The van der Waals surface area contributed by atoms with Crippen molar-refractivity contribution in [3.8, 4) is 0 Å². The van der Waals surface area contributed by atoms with Crippen molar-refractivity contribution in [3.05, 3.63) is 27.7 Å². The van der Waals surface area contributed by atoms with Gasteiger partial charge in [-0.3, -0.25) is 9.69 Å². The third-order valence-corrected chi connectivity index (χ3v) is 4.29. The molecule has 1 N–H and O–H groups in total. The minimum absolute atomic E-state index is 0.00228. The molecule has 0 aromatic carbocycles. The predicted octanol–water partition coefficient (Wildman–Crippen LogP) is 0.138. The second-order valence-electron chi connectivity index (χ2n) is 5.76. The van der Waals surface area contributed by atoms with Gasteiger partial charge in [0.1, 0.15) is 0 Å². The molecule has 0 unspecified atom stereocenters. The van der Waals surface area contributed by atoms with E-state index >= 15 is 0 Å². The normalized spacial score (nSPS) is 21.3. The Bertz CT molecular complexity index is 505. The summed E-state index contributed by atoms with van der Waals surface area (Å²) in [4.78, 5) is 14.1. The number of aromatic nitrogens is 2. The molecular formula is C14H22N4O. The summed E-state index contributed by atoms with van der Waals surface area (Å²) in [6.07, 6.45) is 3.52. The van der Waals surface area contributed by atoms with Gasteiger partial charge in [0.2, 0.25) is 0 Å². The molecule has 0 spiro atoms. The minimum Gasteiger partial charge on any atom is -0.317 e. The molecule has 0 saturated carbocycles. The Hall–Kier alpha value is -1.20. The highest BCUT2D eigenvalue weighted by atomic mass is 16.1. The average Bonchev–Trinajstić information content (AvgIpc) is 2.42. The van der Waals surface area contributed by atoms with Crippen molar-refractivity contribution in [2.24, 2.45) is 13.0 Å². The summed E-state index contributed by atoms with van der Waals surface area (Å²) in [5.74, 6) is 0.808. The molecule has 1 aromatic rings. The van der Waals surface area contributed by atoms with Crippen molar-refractivity contribution in [2.45, 2.75) is 25.8 Å². The van der Waals surface area contributed by atoms with Crippen LogP contribution in [0.3, 0.4) is 0 Å². The Labute approximate surface area is 113 Å². The van der Waals surface area contributed by atoms with Crippen LogP contribution in [0.25, 0.3) is 0 Å². The van der Waals surface area contributed by atoms with E-state index in [0.29, 0.717) is 0 Å². The molecule has 5 heteroatoms. The highest BCUT2D eigenvalue weighted by Crippen LogP contribution is 2.19. The first-order chi connectivity index (χ1) is 9.22. The maximum atomic E-state index is 11.7. The van der Waals surface area contributed by atoms with E-state index in [1.165, 1.54) is 17.5 Å². The fraction of sp³-hybridized carbons (Fsp3) is 0.714. The number of piperidine rings is 1. The Morgan fingerprint density at radius 2 is 2.21 bits per heavy atom. The zero-order chi connectivity index (χ0) is 13.2. The number of hydrogen-bond acceptors (Lipinski definition) is 4. The second-order valence-corrected chi connectivity index (χ2v) is 5.76. The molecule has 0 aliphatic carbocycles. The van der Waals surface area contributed by atoms with E-state index in [0.717, 1.165) is 56.3 Å². The van der Waals surface area contributed by atoms with Crippen LogP contribution in [0, 0.1) is 5.92 Å². The van der Waals surface area contributed by atoms with Crippen molar-refractivity contribution < 1.29 is 0 Å². The standard InChI is InChI=1S/C14H22N4O/c1-17-14(19)8-12-10-18(7-4-13(12)16-17)9-11-2-5-15-6-3-11/h8,11,15H,2-7,9-10H2,1H3. The lowest BCUT2D eigenvalue weighted by Crippen LogP contribution is -2.39. The van der Waals surface area contributed by atoms with Crippen LogP contribution >= 0.6 is 0 Å². The van der Waals surface area contributed by atoms with Crippen LogP contribution in [-0.2, 0) is 20.0 Å². The van der Waals surface area contributed by atoms with Gasteiger partial charge in [0.05, 0.1) is 5.69 Å². The van der Waals surface area contributed by atoms with Gasteiger partial charge in [-0.25, -0.2) is 4.68 Å². The first-order valence-corrected chi connectivity index (χ1v) is 7.21. The summed E-state index contributed by atoms with van der Waals surface area (Å²) in [6, 6.07) is 1.76.